The first-order valence-corrected chi connectivity index (χ1v) is 8.49. The molecule has 1 saturated heterocycles. The highest BCUT2D eigenvalue weighted by Gasteiger charge is 2.60. The van der Waals surface area contributed by atoms with Gasteiger partial charge in [-0.1, -0.05) is 15.9 Å². The highest BCUT2D eigenvalue weighted by molar-refractivity contribution is 9.10. The molecule has 5 nitrogen and oxygen atoms in total. The Kier molecular flexibility index (Phi) is 2.92. The van der Waals surface area contributed by atoms with Crippen molar-refractivity contribution >= 4 is 31.9 Å². The van der Waals surface area contributed by atoms with E-state index in [1.54, 1.807) is 6.07 Å². The third-order valence-electron chi connectivity index (χ3n) is 3.82. The molecule has 3 rings (SSSR count). The van der Waals surface area contributed by atoms with Gasteiger partial charge in [0.2, 0.25) is 0 Å². The van der Waals surface area contributed by atoms with E-state index in [1.807, 2.05) is 6.07 Å². The number of hydrogen-bond donors (Lipinski definition) is 0. The first kappa shape index (κ1) is 13.9. The van der Waals surface area contributed by atoms with Crippen LogP contribution in [0.2, 0.25) is 0 Å². The number of sulfonamides is 1. The van der Waals surface area contributed by atoms with E-state index in [0.29, 0.717) is 12.4 Å². The van der Waals surface area contributed by atoms with Gasteiger partial charge in [-0.2, -0.15) is 0 Å². The van der Waals surface area contributed by atoms with Crippen LogP contribution in [0, 0.1) is 0 Å². The number of rotatable bonds is 2. The van der Waals surface area contributed by atoms with Gasteiger partial charge in [0.15, 0.2) is 4.75 Å². The number of carbonyl (C=O) groups excluding carboxylic acids is 1. The summed E-state index contributed by atoms with van der Waals surface area (Å²) in [4.78, 5) is 12.0. The smallest absolute Gasteiger partial charge is 0.259 e. The number of ether oxygens (including phenoxy) is 1. The van der Waals surface area contributed by atoms with E-state index in [2.05, 4.69) is 15.9 Å². The molecule has 7 heteroatoms. The van der Waals surface area contributed by atoms with Crippen LogP contribution in [-0.2, 0) is 27.8 Å². The summed E-state index contributed by atoms with van der Waals surface area (Å²) in [5.74, 6) is 0.338. The predicted octanol–water partition coefficient (Wildman–Crippen LogP) is 1.83. The summed E-state index contributed by atoms with van der Waals surface area (Å²) in [6.07, 6.45) is 0.800. The molecule has 0 atom stereocenters. The summed E-state index contributed by atoms with van der Waals surface area (Å²) < 4.78 is 30.3. The molecule has 1 amide bonds. The van der Waals surface area contributed by atoms with Crippen molar-refractivity contribution in [3.63, 3.8) is 0 Å². The summed E-state index contributed by atoms with van der Waals surface area (Å²) in [5, 5.41) is 0. The molecule has 108 valence electrons. The molecule has 0 radical (unpaired) electrons. The SMILES string of the molecule is CC1(C)C(=O)N(Cc2cc(Br)cc3c2OCC3)S1(=O)=O. The van der Waals surface area contributed by atoms with E-state index in [0.717, 1.165) is 26.3 Å². The zero-order chi connectivity index (χ0) is 14.7. The van der Waals surface area contributed by atoms with Crippen molar-refractivity contribution in [2.75, 3.05) is 6.61 Å². The van der Waals surface area contributed by atoms with Gasteiger partial charge in [-0.25, -0.2) is 12.7 Å². The van der Waals surface area contributed by atoms with Crippen molar-refractivity contribution in [2.24, 2.45) is 0 Å². The molecule has 0 unspecified atom stereocenters. The average Bonchev–Trinajstić information content (AvgIpc) is 2.82. The second-order valence-electron chi connectivity index (χ2n) is 5.48. The van der Waals surface area contributed by atoms with Gasteiger partial charge < -0.3 is 4.74 Å². The first-order chi connectivity index (χ1) is 9.25. The molecule has 1 fully saturated rings. The molecule has 2 aliphatic rings. The van der Waals surface area contributed by atoms with E-state index in [9.17, 15) is 13.2 Å². The molecule has 0 aliphatic carbocycles. The van der Waals surface area contributed by atoms with Crippen LogP contribution in [-0.4, -0.2) is 30.0 Å². The number of halogens is 1. The third kappa shape index (κ3) is 1.72. The number of fused-ring (bicyclic) bond motifs is 1. The van der Waals surface area contributed by atoms with Gasteiger partial charge in [0.05, 0.1) is 13.2 Å². The van der Waals surface area contributed by atoms with E-state index in [1.165, 1.54) is 13.8 Å². The minimum Gasteiger partial charge on any atom is -0.493 e. The quantitative estimate of drug-likeness (QED) is 0.807. The molecular weight excluding hydrogens is 346 g/mol. The number of nitrogens with zero attached hydrogens (tertiary/aromatic N) is 1. The van der Waals surface area contributed by atoms with Gasteiger partial charge in [0.25, 0.3) is 15.9 Å². The highest BCUT2D eigenvalue weighted by Crippen LogP contribution is 2.39. The highest BCUT2D eigenvalue weighted by atomic mass is 79.9. The Bertz CT molecular complexity index is 711. The molecule has 0 saturated carbocycles. The lowest BCUT2D eigenvalue weighted by atomic mass is 10.1. The monoisotopic (exact) mass is 359 g/mol. The van der Waals surface area contributed by atoms with Gasteiger partial charge in [0.1, 0.15) is 5.75 Å². The fourth-order valence-electron chi connectivity index (χ4n) is 2.53. The molecule has 0 aromatic heterocycles. The van der Waals surface area contributed by atoms with E-state index in [-0.39, 0.29) is 12.5 Å². The van der Waals surface area contributed by atoms with Crippen molar-refractivity contribution in [1.82, 2.24) is 4.31 Å². The molecular formula is C13H14BrNO4S. The Balaban J connectivity index is 1.97. The lowest BCUT2D eigenvalue weighted by molar-refractivity contribution is -0.132. The van der Waals surface area contributed by atoms with Crippen LogP contribution in [0.5, 0.6) is 5.75 Å². The maximum absolute atomic E-state index is 12.1. The van der Waals surface area contributed by atoms with Gasteiger partial charge in [-0.05, 0) is 31.5 Å². The Morgan fingerprint density at radius 1 is 1.40 bits per heavy atom. The van der Waals surface area contributed by atoms with Crippen molar-refractivity contribution in [3.8, 4) is 5.75 Å². The second kappa shape index (κ2) is 4.21. The minimum atomic E-state index is -3.57. The normalized spacial score (nSPS) is 22.1. The number of benzene rings is 1. The largest absolute Gasteiger partial charge is 0.493 e. The van der Waals surface area contributed by atoms with Crippen LogP contribution in [0.1, 0.15) is 25.0 Å². The molecule has 0 N–H and O–H groups in total. The Labute approximate surface area is 126 Å². The molecule has 2 aliphatic heterocycles. The molecule has 1 aromatic carbocycles. The standard InChI is InChI=1S/C13H14BrNO4S/c1-13(2)12(16)15(20(13,17)18)7-9-6-10(14)5-8-3-4-19-11(8)9/h5-6H,3-4,7H2,1-2H3. The van der Waals surface area contributed by atoms with Gasteiger partial charge in [0, 0.05) is 16.5 Å². The number of carbonyl (C=O) groups is 1. The number of hydrogen-bond acceptors (Lipinski definition) is 4. The van der Waals surface area contributed by atoms with Crippen LogP contribution in [0.3, 0.4) is 0 Å². The van der Waals surface area contributed by atoms with Crippen molar-refractivity contribution < 1.29 is 17.9 Å². The Morgan fingerprint density at radius 3 is 2.75 bits per heavy atom. The summed E-state index contributed by atoms with van der Waals surface area (Å²) in [5.41, 5.74) is 1.76. The van der Waals surface area contributed by atoms with Crippen LogP contribution < -0.4 is 4.74 Å². The zero-order valence-electron chi connectivity index (χ0n) is 11.1. The van der Waals surface area contributed by atoms with Gasteiger partial charge >= 0.3 is 0 Å². The maximum atomic E-state index is 12.1. The van der Waals surface area contributed by atoms with Crippen molar-refractivity contribution in [2.45, 2.75) is 31.6 Å². The first-order valence-electron chi connectivity index (χ1n) is 6.26. The number of amides is 1. The summed E-state index contributed by atoms with van der Waals surface area (Å²) >= 11 is 3.40. The van der Waals surface area contributed by atoms with Crippen LogP contribution >= 0.6 is 15.9 Å². The lowest BCUT2D eigenvalue weighted by Gasteiger charge is -2.43. The van der Waals surface area contributed by atoms with Crippen LogP contribution in [0.15, 0.2) is 16.6 Å². The van der Waals surface area contributed by atoms with Crippen molar-refractivity contribution in [3.05, 3.63) is 27.7 Å². The predicted molar refractivity (Wildman–Crippen MR) is 76.9 cm³/mol. The van der Waals surface area contributed by atoms with Crippen LogP contribution in [0.4, 0.5) is 0 Å². The Hall–Kier alpha value is -1.08. The molecule has 20 heavy (non-hydrogen) atoms. The molecule has 0 spiro atoms. The van der Waals surface area contributed by atoms with E-state index in [4.69, 9.17) is 4.74 Å². The van der Waals surface area contributed by atoms with Gasteiger partial charge in [-0.15, -0.1) is 0 Å². The summed E-state index contributed by atoms with van der Waals surface area (Å²) in [6, 6.07) is 3.76. The van der Waals surface area contributed by atoms with Gasteiger partial charge in [-0.3, -0.25) is 4.79 Å². The zero-order valence-corrected chi connectivity index (χ0v) is 13.5. The lowest BCUT2D eigenvalue weighted by Crippen LogP contribution is -2.66. The van der Waals surface area contributed by atoms with E-state index >= 15 is 0 Å². The summed E-state index contributed by atoms with van der Waals surface area (Å²) in [6.45, 7) is 3.49. The molecule has 2 heterocycles. The maximum Gasteiger partial charge on any atom is 0.259 e. The Morgan fingerprint density at radius 2 is 2.10 bits per heavy atom. The third-order valence-corrected chi connectivity index (χ3v) is 6.61. The molecule has 1 aromatic rings. The molecule has 0 bridgehead atoms. The minimum absolute atomic E-state index is 0.0341. The van der Waals surface area contributed by atoms with Crippen molar-refractivity contribution in [1.29, 1.82) is 0 Å². The fourth-order valence-corrected chi connectivity index (χ4v) is 4.59. The van der Waals surface area contributed by atoms with Crippen LogP contribution in [0.25, 0.3) is 0 Å². The average molecular weight is 360 g/mol. The topological polar surface area (TPSA) is 63.7 Å². The fraction of sp³-hybridized carbons (Fsp3) is 0.462. The van der Waals surface area contributed by atoms with E-state index < -0.39 is 14.8 Å². The second-order valence-corrected chi connectivity index (χ2v) is 8.81. The summed E-state index contributed by atoms with van der Waals surface area (Å²) in [7, 11) is -3.57.